The molecule has 0 fully saturated rings. The molecule has 1 heterocycles. The summed E-state index contributed by atoms with van der Waals surface area (Å²) in [4.78, 5) is 0. The lowest BCUT2D eigenvalue weighted by Gasteiger charge is -2.38. The predicted molar refractivity (Wildman–Crippen MR) is 98.9 cm³/mol. The third kappa shape index (κ3) is 2.77. The quantitative estimate of drug-likeness (QED) is 0.719. The highest BCUT2D eigenvalue weighted by Crippen LogP contribution is 2.42. The van der Waals surface area contributed by atoms with E-state index in [1.807, 2.05) is 0 Å². The molecule has 0 saturated heterocycles. The Balaban J connectivity index is 2.74. The number of hydrogen-bond donors (Lipinski definition) is 1. The second kappa shape index (κ2) is 5.24. The number of nitrogens with zero attached hydrogens (tertiary/aromatic N) is 1. The summed E-state index contributed by atoms with van der Waals surface area (Å²) in [5.74, 6) is 0. The molecule has 1 N–H and O–H groups in total. The third-order valence-electron chi connectivity index (χ3n) is 5.30. The zero-order valence-electron chi connectivity index (χ0n) is 15.4. The van der Waals surface area contributed by atoms with Gasteiger partial charge in [-0.15, -0.1) is 0 Å². The molecule has 2 nitrogen and oxygen atoms in total. The minimum absolute atomic E-state index is 0.164. The van der Waals surface area contributed by atoms with Crippen LogP contribution < -0.4 is 0 Å². The molecule has 0 aliphatic rings. The molecule has 0 radical (unpaired) electrons. The first-order chi connectivity index (χ1) is 9.87. The normalized spacial score (nSPS) is 15.3. The number of hydrogen-bond acceptors (Lipinski definition) is 1. The van der Waals surface area contributed by atoms with Crippen molar-refractivity contribution in [2.45, 2.75) is 65.8 Å². The molecule has 0 spiro atoms. The maximum absolute atomic E-state index is 10.8. The molecule has 0 saturated carbocycles. The van der Waals surface area contributed by atoms with Gasteiger partial charge in [0.1, 0.15) is 0 Å². The molecule has 3 heteroatoms. The second-order valence-corrected chi connectivity index (χ2v) is 14.1. The van der Waals surface area contributed by atoms with E-state index in [4.69, 9.17) is 0 Å². The van der Waals surface area contributed by atoms with Crippen molar-refractivity contribution in [1.29, 1.82) is 0 Å². The van der Waals surface area contributed by atoms with Gasteiger partial charge in [0.05, 0.1) is 6.10 Å². The lowest BCUT2D eigenvalue weighted by atomic mass is 9.85. The molecule has 22 heavy (non-hydrogen) atoms. The highest BCUT2D eigenvalue weighted by Gasteiger charge is 2.39. The Morgan fingerprint density at radius 1 is 1.00 bits per heavy atom. The standard InChI is InChI=1S/C19H31NOSi/c1-18(2,3)17(21)15-13-20(22(7,8)19(4,5)6)16-12-10-9-11-14(15)16/h9-13,17,21H,1-8H3. The van der Waals surface area contributed by atoms with Gasteiger partial charge in [0.25, 0.3) is 0 Å². The largest absolute Gasteiger partial charge is 0.388 e. The van der Waals surface area contributed by atoms with E-state index >= 15 is 0 Å². The van der Waals surface area contributed by atoms with Gasteiger partial charge in [0, 0.05) is 22.7 Å². The van der Waals surface area contributed by atoms with Crippen LogP contribution in [-0.4, -0.2) is 17.6 Å². The SMILES string of the molecule is CC(C)(C)C(O)c1cn([Si](C)(C)C(C)(C)C)c2ccccc12. The molecular formula is C19H31NOSi. The smallest absolute Gasteiger partial charge is 0.161 e. The molecule has 0 aliphatic carbocycles. The van der Waals surface area contributed by atoms with E-state index in [0.717, 1.165) is 5.56 Å². The summed E-state index contributed by atoms with van der Waals surface area (Å²) in [7, 11) is -1.72. The van der Waals surface area contributed by atoms with Crippen LogP contribution in [0.2, 0.25) is 18.1 Å². The highest BCUT2D eigenvalue weighted by molar-refractivity contribution is 6.79. The van der Waals surface area contributed by atoms with Gasteiger partial charge in [-0.2, -0.15) is 0 Å². The number of aromatic nitrogens is 1. The maximum atomic E-state index is 10.8. The van der Waals surface area contributed by atoms with E-state index < -0.39 is 14.3 Å². The fourth-order valence-electron chi connectivity index (χ4n) is 2.71. The average molecular weight is 318 g/mol. The minimum atomic E-state index is -1.72. The summed E-state index contributed by atoms with van der Waals surface area (Å²) < 4.78 is 2.48. The van der Waals surface area contributed by atoms with Crippen LogP contribution in [0.1, 0.15) is 53.2 Å². The van der Waals surface area contributed by atoms with Crippen LogP contribution in [0.4, 0.5) is 0 Å². The van der Waals surface area contributed by atoms with E-state index in [0.29, 0.717) is 0 Å². The lowest BCUT2D eigenvalue weighted by molar-refractivity contribution is 0.0639. The van der Waals surface area contributed by atoms with Crippen molar-refractivity contribution in [1.82, 2.24) is 4.23 Å². The molecule has 2 aromatic rings. The predicted octanol–water partition coefficient (Wildman–Crippen LogP) is 5.57. The van der Waals surface area contributed by atoms with Gasteiger partial charge in [-0.25, -0.2) is 0 Å². The van der Waals surface area contributed by atoms with Crippen LogP contribution in [0.15, 0.2) is 30.5 Å². The van der Waals surface area contributed by atoms with Crippen LogP contribution >= 0.6 is 0 Å². The molecule has 0 amide bonds. The van der Waals surface area contributed by atoms with Crippen molar-refractivity contribution < 1.29 is 5.11 Å². The molecule has 122 valence electrons. The summed E-state index contributed by atoms with van der Waals surface area (Å²) in [5, 5.41) is 12.3. The van der Waals surface area contributed by atoms with Crippen LogP contribution in [0.3, 0.4) is 0 Å². The summed E-state index contributed by atoms with van der Waals surface area (Å²) in [6.07, 6.45) is 1.77. The number of rotatable bonds is 2. The van der Waals surface area contributed by atoms with E-state index in [-0.39, 0.29) is 10.5 Å². The Kier molecular flexibility index (Phi) is 4.12. The first-order valence-corrected chi connectivity index (χ1v) is 11.1. The van der Waals surface area contributed by atoms with E-state index in [1.165, 1.54) is 10.9 Å². The van der Waals surface area contributed by atoms with Gasteiger partial charge >= 0.3 is 0 Å². The molecule has 1 aromatic heterocycles. The highest BCUT2D eigenvalue weighted by atomic mass is 28.3. The summed E-state index contributed by atoms with van der Waals surface area (Å²) in [5.41, 5.74) is 2.16. The number of benzene rings is 1. The number of fused-ring (bicyclic) bond motifs is 1. The van der Waals surface area contributed by atoms with Crippen LogP contribution in [0.5, 0.6) is 0 Å². The van der Waals surface area contributed by atoms with Gasteiger partial charge in [0.2, 0.25) is 0 Å². The Hall–Kier alpha value is -1.06. The average Bonchev–Trinajstić information content (AvgIpc) is 2.75. The Morgan fingerprint density at radius 3 is 2.05 bits per heavy atom. The topological polar surface area (TPSA) is 25.2 Å². The van der Waals surface area contributed by atoms with Gasteiger partial charge in [-0.3, -0.25) is 0 Å². The zero-order valence-corrected chi connectivity index (χ0v) is 16.4. The van der Waals surface area contributed by atoms with Crippen LogP contribution in [-0.2, 0) is 0 Å². The van der Waals surface area contributed by atoms with E-state index in [1.54, 1.807) is 0 Å². The second-order valence-electron chi connectivity index (χ2n) is 9.05. The van der Waals surface area contributed by atoms with Crippen LogP contribution in [0.25, 0.3) is 10.9 Å². The maximum Gasteiger partial charge on any atom is 0.161 e. The molecular weight excluding hydrogens is 286 g/mol. The van der Waals surface area contributed by atoms with E-state index in [2.05, 4.69) is 89.3 Å². The zero-order chi connectivity index (χ0) is 16.9. The molecule has 0 bridgehead atoms. The Labute approximate surface area is 136 Å². The van der Waals surface area contributed by atoms with Gasteiger partial charge in [-0.05, 0) is 16.5 Å². The molecule has 1 unspecified atom stereocenters. The van der Waals surface area contributed by atoms with Crippen molar-refractivity contribution in [3.63, 3.8) is 0 Å². The first-order valence-electron chi connectivity index (χ1n) is 8.16. The van der Waals surface area contributed by atoms with Crippen LogP contribution in [0, 0.1) is 5.41 Å². The van der Waals surface area contributed by atoms with Gasteiger partial charge in [0.15, 0.2) is 8.24 Å². The summed E-state index contributed by atoms with van der Waals surface area (Å²) in [6, 6.07) is 8.49. The molecule has 1 aromatic carbocycles. The third-order valence-corrected chi connectivity index (χ3v) is 10.5. The van der Waals surface area contributed by atoms with Crippen molar-refractivity contribution in [2.24, 2.45) is 5.41 Å². The molecule has 1 atom stereocenters. The Morgan fingerprint density at radius 2 is 1.55 bits per heavy atom. The van der Waals surface area contributed by atoms with Crippen molar-refractivity contribution in [3.05, 3.63) is 36.0 Å². The monoisotopic (exact) mass is 317 g/mol. The van der Waals surface area contributed by atoms with Crippen molar-refractivity contribution in [2.75, 3.05) is 0 Å². The Bertz CT molecular complexity index is 671. The fraction of sp³-hybridized carbons (Fsp3) is 0.579. The molecule has 2 rings (SSSR count). The fourth-order valence-corrected chi connectivity index (χ4v) is 4.70. The van der Waals surface area contributed by atoms with Gasteiger partial charge < -0.3 is 9.34 Å². The van der Waals surface area contributed by atoms with Crippen molar-refractivity contribution >= 4 is 19.1 Å². The molecule has 0 aliphatic heterocycles. The van der Waals surface area contributed by atoms with Gasteiger partial charge in [-0.1, -0.05) is 72.8 Å². The lowest BCUT2D eigenvalue weighted by Crippen LogP contribution is -2.44. The van der Waals surface area contributed by atoms with Crippen molar-refractivity contribution in [3.8, 4) is 0 Å². The number of aliphatic hydroxyl groups excluding tert-OH is 1. The summed E-state index contributed by atoms with van der Waals surface area (Å²) >= 11 is 0. The number of para-hydroxylation sites is 1. The first kappa shape index (κ1) is 17.3. The summed E-state index contributed by atoms with van der Waals surface area (Å²) in [6.45, 7) is 18.1. The number of aliphatic hydroxyl groups is 1. The minimum Gasteiger partial charge on any atom is -0.388 e. The van der Waals surface area contributed by atoms with E-state index in [9.17, 15) is 5.11 Å².